The second-order valence-electron chi connectivity index (χ2n) is 5.93. The first kappa shape index (κ1) is 15.2. The third-order valence-electron chi connectivity index (χ3n) is 4.52. The van der Waals surface area contributed by atoms with Crippen molar-refractivity contribution in [3.63, 3.8) is 0 Å². The molecule has 0 atom stereocenters. The lowest BCUT2D eigenvalue weighted by molar-refractivity contribution is 0.0480. The molecule has 0 saturated carbocycles. The third-order valence-corrected chi connectivity index (χ3v) is 4.85. The van der Waals surface area contributed by atoms with Gasteiger partial charge in [0.15, 0.2) is 0 Å². The Labute approximate surface area is 135 Å². The van der Waals surface area contributed by atoms with Crippen molar-refractivity contribution in [2.24, 2.45) is 0 Å². The van der Waals surface area contributed by atoms with Crippen LogP contribution in [0.5, 0.6) is 0 Å². The quantitative estimate of drug-likeness (QED) is 0.615. The summed E-state index contributed by atoms with van der Waals surface area (Å²) < 4.78 is 5.84. The van der Waals surface area contributed by atoms with E-state index in [2.05, 4.69) is 30.8 Å². The van der Waals surface area contributed by atoms with E-state index in [1.54, 1.807) is 6.33 Å². The molecule has 0 N–H and O–H groups in total. The SMILES string of the molecule is BrCCOC1CCN(c2ncnc3c2CCCCC3)CC1. The van der Waals surface area contributed by atoms with Gasteiger partial charge in [-0.15, -0.1) is 0 Å². The molecule has 21 heavy (non-hydrogen) atoms. The van der Waals surface area contributed by atoms with E-state index in [9.17, 15) is 0 Å². The van der Waals surface area contributed by atoms with Gasteiger partial charge in [-0.3, -0.25) is 0 Å². The number of ether oxygens (including phenoxy) is 1. The van der Waals surface area contributed by atoms with Crippen molar-refractivity contribution in [3.05, 3.63) is 17.6 Å². The molecule has 0 bridgehead atoms. The predicted molar refractivity (Wildman–Crippen MR) is 88.3 cm³/mol. The van der Waals surface area contributed by atoms with Gasteiger partial charge in [0.1, 0.15) is 12.1 Å². The third kappa shape index (κ3) is 3.75. The number of anilines is 1. The molecule has 1 saturated heterocycles. The Hall–Kier alpha value is -0.680. The number of alkyl halides is 1. The lowest BCUT2D eigenvalue weighted by Gasteiger charge is -2.34. The van der Waals surface area contributed by atoms with Gasteiger partial charge < -0.3 is 9.64 Å². The van der Waals surface area contributed by atoms with Gasteiger partial charge in [-0.05, 0) is 38.5 Å². The summed E-state index contributed by atoms with van der Waals surface area (Å²) in [5, 5.41) is 0.923. The first-order valence-corrected chi connectivity index (χ1v) is 9.26. The Kier molecular flexibility index (Phi) is 5.47. The normalized spacial score (nSPS) is 20.1. The van der Waals surface area contributed by atoms with Gasteiger partial charge in [-0.1, -0.05) is 22.4 Å². The zero-order valence-electron chi connectivity index (χ0n) is 12.6. The van der Waals surface area contributed by atoms with Gasteiger partial charge in [0.05, 0.1) is 12.7 Å². The highest BCUT2D eigenvalue weighted by atomic mass is 79.9. The fraction of sp³-hybridized carbons (Fsp3) is 0.750. The van der Waals surface area contributed by atoms with E-state index in [0.717, 1.165) is 50.7 Å². The van der Waals surface area contributed by atoms with Crippen LogP contribution in [-0.4, -0.2) is 41.1 Å². The molecule has 0 unspecified atom stereocenters. The number of nitrogens with zero attached hydrogens (tertiary/aromatic N) is 3. The van der Waals surface area contributed by atoms with Crippen molar-refractivity contribution >= 4 is 21.7 Å². The Bertz CT molecular complexity index is 461. The molecule has 5 heteroatoms. The second kappa shape index (κ2) is 7.54. The summed E-state index contributed by atoms with van der Waals surface area (Å²) in [5.41, 5.74) is 2.70. The lowest BCUT2D eigenvalue weighted by Crippen LogP contribution is -2.38. The van der Waals surface area contributed by atoms with Crippen molar-refractivity contribution in [2.75, 3.05) is 29.9 Å². The molecule has 1 aromatic heterocycles. The summed E-state index contributed by atoms with van der Waals surface area (Å²) >= 11 is 3.42. The Morgan fingerprint density at radius 3 is 2.76 bits per heavy atom. The van der Waals surface area contributed by atoms with Gasteiger partial charge in [0.2, 0.25) is 0 Å². The van der Waals surface area contributed by atoms with Gasteiger partial charge >= 0.3 is 0 Å². The molecule has 2 heterocycles. The lowest BCUT2D eigenvalue weighted by atomic mass is 10.0. The molecule has 3 rings (SSSR count). The zero-order chi connectivity index (χ0) is 14.5. The molecule has 0 amide bonds. The molecule has 0 spiro atoms. The zero-order valence-corrected chi connectivity index (χ0v) is 14.1. The van der Waals surface area contributed by atoms with Crippen LogP contribution in [0.2, 0.25) is 0 Å². The molecular formula is C16H24BrN3O. The second-order valence-corrected chi connectivity index (χ2v) is 6.72. The molecule has 1 aliphatic carbocycles. The Morgan fingerprint density at radius 2 is 1.95 bits per heavy atom. The molecule has 1 fully saturated rings. The van der Waals surface area contributed by atoms with Crippen molar-refractivity contribution in [3.8, 4) is 0 Å². The van der Waals surface area contributed by atoms with E-state index in [4.69, 9.17) is 4.74 Å². The number of halogens is 1. The first-order chi connectivity index (χ1) is 10.4. The summed E-state index contributed by atoms with van der Waals surface area (Å²) in [6.45, 7) is 2.92. The monoisotopic (exact) mass is 353 g/mol. The van der Waals surface area contributed by atoms with E-state index in [1.807, 2.05) is 0 Å². The number of rotatable bonds is 4. The van der Waals surface area contributed by atoms with Gasteiger partial charge in [0.25, 0.3) is 0 Å². The van der Waals surface area contributed by atoms with E-state index in [-0.39, 0.29) is 0 Å². The fourth-order valence-electron chi connectivity index (χ4n) is 3.40. The van der Waals surface area contributed by atoms with Crippen LogP contribution in [0.1, 0.15) is 43.4 Å². The van der Waals surface area contributed by atoms with Crippen LogP contribution < -0.4 is 4.90 Å². The minimum absolute atomic E-state index is 0.416. The fourth-order valence-corrected chi connectivity index (χ4v) is 3.59. The number of fused-ring (bicyclic) bond motifs is 1. The van der Waals surface area contributed by atoms with Gasteiger partial charge in [-0.25, -0.2) is 9.97 Å². The van der Waals surface area contributed by atoms with Crippen molar-refractivity contribution in [1.82, 2.24) is 9.97 Å². The Morgan fingerprint density at radius 1 is 1.14 bits per heavy atom. The first-order valence-electron chi connectivity index (χ1n) is 8.13. The molecule has 1 aromatic rings. The van der Waals surface area contributed by atoms with E-state index in [0.29, 0.717) is 6.10 Å². The Balaban J connectivity index is 1.68. The van der Waals surface area contributed by atoms with Crippen LogP contribution >= 0.6 is 15.9 Å². The summed E-state index contributed by atoms with van der Waals surface area (Å²) in [7, 11) is 0. The van der Waals surface area contributed by atoms with Crippen LogP contribution in [0, 0.1) is 0 Å². The molecule has 2 aliphatic rings. The number of hydrogen-bond acceptors (Lipinski definition) is 4. The average molecular weight is 354 g/mol. The number of hydrogen-bond donors (Lipinski definition) is 0. The molecule has 4 nitrogen and oxygen atoms in total. The van der Waals surface area contributed by atoms with Crippen LogP contribution in [0.25, 0.3) is 0 Å². The molecule has 0 radical (unpaired) electrons. The number of aryl methyl sites for hydroxylation is 1. The van der Waals surface area contributed by atoms with Crippen LogP contribution in [0.4, 0.5) is 5.82 Å². The average Bonchev–Trinajstić information content (AvgIpc) is 2.78. The minimum Gasteiger partial charge on any atom is -0.377 e. The van der Waals surface area contributed by atoms with Gasteiger partial charge in [-0.2, -0.15) is 0 Å². The summed E-state index contributed by atoms with van der Waals surface area (Å²) in [4.78, 5) is 11.6. The number of aromatic nitrogens is 2. The maximum Gasteiger partial charge on any atom is 0.135 e. The van der Waals surface area contributed by atoms with Crippen molar-refractivity contribution in [1.29, 1.82) is 0 Å². The topological polar surface area (TPSA) is 38.2 Å². The van der Waals surface area contributed by atoms with E-state index in [1.165, 1.54) is 36.3 Å². The van der Waals surface area contributed by atoms with Crippen molar-refractivity contribution < 1.29 is 4.74 Å². The van der Waals surface area contributed by atoms with Crippen LogP contribution in [0.3, 0.4) is 0 Å². The van der Waals surface area contributed by atoms with Crippen LogP contribution in [-0.2, 0) is 17.6 Å². The maximum atomic E-state index is 5.84. The highest BCUT2D eigenvalue weighted by Crippen LogP contribution is 2.28. The molecule has 0 aromatic carbocycles. The summed E-state index contributed by atoms with van der Waals surface area (Å²) in [5.74, 6) is 1.20. The highest BCUT2D eigenvalue weighted by Gasteiger charge is 2.24. The summed E-state index contributed by atoms with van der Waals surface area (Å²) in [6, 6.07) is 0. The predicted octanol–water partition coefficient (Wildman–Crippen LogP) is 3.13. The highest BCUT2D eigenvalue weighted by molar-refractivity contribution is 9.09. The molecule has 116 valence electrons. The van der Waals surface area contributed by atoms with E-state index >= 15 is 0 Å². The van der Waals surface area contributed by atoms with E-state index < -0.39 is 0 Å². The van der Waals surface area contributed by atoms with Gasteiger partial charge in [0, 0.05) is 29.7 Å². The minimum atomic E-state index is 0.416. The maximum absolute atomic E-state index is 5.84. The van der Waals surface area contributed by atoms with Crippen LogP contribution in [0.15, 0.2) is 6.33 Å². The smallest absolute Gasteiger partial charge is 0.135 e. The molecular weight excluding hydrogens is 330 g/mol. The summed E-state index contributed by atoms with van der Waals surface area (Å²) in [6.07, 6.45) is 10.5. The number of piperidine rings is 1. The molecule has 1 aliphatic heterocycles. The van der Waals surface area contributed by atoms with Crippen molar-refractivity contribution in [2.45, 2.75) is 51.0 Å². The largest absolute Gasteiger partial charge is 0.377 e. The standard InChI is InChI=1S/C16H24BrN3O/c17-8-11-21-13-6-9-20(10-7-13)16-14-4-2-1-3-5-15(14)18-12-19-16/h12-13H,1-11H2.